The number of carbonyl (C=O) groups is 1. The van der Waals surface area contributed by atoms with Crippen LogP contribution in [0.2, 0.25) is 0 Å². The van der Waals surface area contributed by atoms with E-state index in [0.717, 1.165) is 29.5 Å². The number of carbonyl (C=O) groups excluding carboxylic acids is 1. The van der Waals surface area contributed by atoms with Gasteiger partial charge in [-0.1, -0.05) is 30.0 Å². The molecule has 1 heterocycles. The fraction of sp³-hybridized carbons (Fsp3) is 0.118. The summed E-state index contributed by atoms with van der Waals surface area (Å²) in [5.41, 5.74) is 0.282. The summed E-state index contributed by atoms with van der Waals surface area (Å²) in [5.74, 6) is -4.76. The number of hydrogen-bond acceptors (Lipinski definition) is 5. The van der Waals surface area contributed by atoms with Gasteiger partial charge in [-0.3, -0.25) is 4.79 Å². The van der Waals surface area contributed by atoms with Gasteiger partial charge in [-0.25, -0.2) is 13.2 Å². The van der Waals surface area contributed by atoms with E-state index in [-0.39, 0.29) is 5.22 Å². The Morgan fingerprint density at radius 2 is 1.81 bits per heavy atom. The van der Waals surface area contributed by atoms with Crippen molar-refractivity contribution in [2.45, 2.75) is 17.4 Å². The molecule has 0 aliphatic heterocycles. The van der Waals surface area contributed by atoms with Crippen LogP contribution < -0.4 is 5.32 Å². The first-order valence-corrected chi connectivity index (χ1v) is 8.33. The van der Waals surface area contributed by atoms with E-state index in [1.54, 1.807) is 12.1 Å². The molecule has 0 aliphatic carbocycles. The average molecular weight is 379 g/mol. The largest absolute Gasteiger partial charge is 0.411 e. The molecule has 0 saturated heterocycles. The zero-order valence-corrected chi connectivity index (χ0v) is 14.2. The summed E-state index contributed by atoms with van der Waals surface area (Å²) >= 11 is 0.957. The molecule has 0 radical (unpaired) electrons. The Morgan fingerprint density at radius 3 is 2.54 bits per heavy atom. The van der Waals surface area contributed by atoms with Crippen molar-refractivity contribution in [2.24, 2.45) is 0 Å². The number of nitrogens with zero attached hydrogens (tertiary/aromatic N) is 2. The highest BCUT2D eigenvalue weighted by molar-refractivity contribution is 8.00. The Bertz CT molecular complexity index is 934. The fourth-order valence-corrected chi connectivity index (χ4v) is 2.70. The topological polar surface area (TPSA) is 68.0 Å². The number of amides is 1. The second kappa shape index (κ2) is 7.61. The highest BCUT2D eigenvalue weighted by Crippen LogP contribution is 2.27. The van der Waals surface area contributed by atoms with Crippen LogP contribution in [0.3, 0.4) is 0 Å². The Balaban J connectivity index is 1.67. The number of aromatic nitrogens is 2. The Hall–Kier alpha value is -2.81. The van der Waals surface area contributed by atoms with E-state index >= 15 is 0 Å². The lowest BCUT2D eigenvalue weighted by molar-refractivity contribution is -0.115. The molecule has 0 aliphatic rings. The summed E-state index contributed by atoms with van der Waals surface area (Å²) in [6.45, 7) is 1.53. The lowest BCUT2D eigenvalue weighted by atomic mass is 10.2. The van der Waals surface area contributed by atoms with Gasteiger partial charge in [-0.2, -0.15) is 0 Å². The molecule has 134 valence electrons. The summed E-state index contributed by atoms with van der Waals surface area (Å²) in [6, 6.07) is 10.8. The van der Waals surface area contributed by atoms with E-state index in [1.807, 2.05) is 18.2 Å². The summed E-state index contributed by atoms with van der Waals surface area (Å²) in [7, 11) is 0. The maximum absolute atomic E-state index is 13.6. The third-order valence-corrected chi connectivity index (χ3v) is 4.30. The first kappa shape index (κ1) is 18.0. The first-order valence-electron chi connectivity index (χ1n) is 7.45. The van der Waals surface area contributed by atoms with Gasteiger partial charge < -0.3 is 9.73 Å². The van der Waals surface area contributed by atoms with Crippen molar-refractivity contribution in [3.8, 4) is 11.5 Å². The molecule has 1 amide bonds. The summed E-state index contributed by atoms with van der Waals surface area (Å²) in [6.07, 6.45) is 0. The highest BCUT2D eigenvalue weighted by atomic mass is 32.2. The number of rotatable bonds is 5. The lowest BCUT2D eigenvalue weighted by Crippen LogP contribution is -2.23. The van der Waals surface area contributed by atoms with Crippen LogP contribution in [0.4, 0.5) is 18.9 Å². The van der Waals surface area contributed by atoms with Gasteiger partial charge in [-0.15, -0.1) is 10.2 Å². The molecule has 26 heavy (non-hydrogen) atoms. The van der Waals surface area contributed by atoms with Gasteiger partial charge in [0, 0.05) is 5.56 Å². The minimum absolute atomic E-state index is 0.150. The van der Waals surface area contributed by atoms with Gasteiger partial charge in [-0.05, 0) is 31.2 Å². The second-order valence-corrected chi connectivity index (χ2v) is 6.50. The Morgan fingerprint density at radius 1 is 1.08 bits per heavy atom. The van der Waals surface area contributed by atoms with E-state index in [1.165, 1.54) is 6.92 Å². The van der Waals surface area contributed by atoms with Crippen LogP contribution in [0.25, 0.3) is 11.5 Å². The van der Waals surface area contributed by atoms with E-state index in [2.05, 4.69) is 15.5 Å². The SMILES string of the molecule is C[C@H](Sc1nnc(-c2ccccc2)o1)C(=O)Nc1ccc(F)c(F)c1F. The standard InChI is InChI=1S/C17H12F3N3O2S/c1-9(15(24)21-12-8-7-11(18)13(19)14(12)20)26-17-23-22-16(25-17)10-5-3-2-4-6-10/h2-9H,1H3,(H,21,24)/t9-/m0/s1. The van der Waals surface area contributed by atoms with Crippen molar-refractivity contribution in [3.63, 3.8) is 0 Å². The summed E-state index contributed by atoms with van der Waals surface area (Å²) < 4.78 is 45.2. The average Bonchev–Trinajstić information content (AvgIpc) is 3.11. The predicted octanol–water partition coefficient (Wildman–Crippen LogP) is 4.27. The van der Waals surface area contributed by atoms with Gasteiger partial charge >= 0.3 is 0 Å². The molecule has 0 spiro atoms. The van der Waals surface area contributed by atoms with E-state index in [9.17, 15) is 18.0 Å². The first-order chi connectivity index (χ1) is 12.5. The smallest absolute Gasteiger partial charge is 0.277 e. The molecule has 3 rings (SSSR count). The molecule has 0 fully saturated rings. The zero-order valence-electron chi connectivity index (χ0n) is 13.4. The molecule has 3 aromatic rings. The number of thioether (sulfide) groups is 1. The second-order valence-electron chi connectivity index (χ2n) is 5.21. The highest BCUT2D eigenvalue weighted by Gasteiger charge is 2.21. The van der Waals surface area contributed by atoms with Crippen molar-refractivity contribution in [2.75, 3.05) is 5.32 Å². The normalized spacial score (nSPS) is 12.0. The van der Waals surface area contributed by atoms with Gasteiger partial charge in [0.2, 0.25) is 11.8 Å². The van der Waals surface area contributed by atoms with Crippen molar-refractivity contribution in [1.29, 1.82) is 0 Å². The van der Waals surface area contributed by atoms with Gasteiger partial charge in [0.05, 0.1) is 10.9 Å². The van der Waals surface area contributed by atoms with Crippen molar-refractivity contribution in [3.05, 3.63) is 59.9 Å². The Kier molecular flexibility index (Phi) is 5.27. The summed E-state index contributed by atoms with van der Waals surface area (Å²) in [5, 5.41) is 9.36. The number of hydrogen-bond donors (Lipinski definition) is 1. The molecular formula is C17H12F3N3O2S. The molecule has 0 bridgehead atoms. The van der Waals surface area contributed by atoms with Crippen LogP contribution in [0.15, 0.2) is 52.1 Å². The lowest BCUT2D eigenvalue weighted by Gasteiger charge is -2.11. The predicted molar refractivity (Wildman–Crippen MR) is 90.0 cm³/mol. The molecule has 9 heteroatoms. The van der Waals surface area contributed by atoms with Gasteiger partial charge in [0.1, 0.15) is 0 Å². The van der Waals surface area contributed by atoms with Crippen LogP contribution in [-0.4, -0.2) is 21.4 Å². The maximum Gasteiger partial charge on any atom is 0.277 e. The monoisotopic (exact) mass is 379 g/mol. The number of benzene rings is 2. The molecule has 2 aromatic carbocycles. The van der Waals surface area contributed by atoms with Crippen LogP contribution in [0, 0.1) is 17.5 Å². The zero-order chi connectivity index (χ0) is 18.7. The van der Waals surface area contributed by atoms with E-state index < -0.39 is 34.3 Å². The quantitative estimate of drug-likeness (QED) is 0.530. The molecule has 5 nitrogen and oxygen atoms in total. The van der Waals surface area contributed by atoms with Crippen LogP contribution in [-0.2, 0) is 4.79 Å². The molecule has 0 saturated carbocycles. The molecule has 0 unspecified atom stereocenters. The molecule has 1 atom stereocenters. The Labute approximate surface area is 150 Å². The number of nitrogens with one attached hydrogen (secondary N) is 1. The summed E-state index contributed by atoms with van der Waals surface area (Å²) in [4.78, 5) is 12.1. The fourth-order valence-electron chi connectivity index (χ4n) is 2.02. The van der Waals surface area contributed by atoms with E-state index in [4.69, 9.17) is 4.42 Å². The minimum Gasteiger partial charge on any atom is -0.411 e. The van der Waals surface area contributed by atoms with Crippen LogP contribution in [0.5, 0.6) is 0 Å². The number of halogens is 3. The van der Waals surface area contributed by atoms with Crippen LogP contribution >= 0.6 is 11.8 Å². The molecule has 1 N–H and O–H groups in total. The third kappa shape index (κ3) is 3.88. The van der Waals surface area contributed by atoms with Crippen molar-refractivity contribution >= 4 is 23.4 Å². The number of anilines is 1. The van der Waals surface area contributed by atoms with E-state index in [0.29, 0.717) is 5.89 Å². The maximum atomic E-state index is 13.6. The van der Waals surface area contributed by atoms with Crippen molar-refractivity contribution in [1.82, 2.24) is 10.2 Å². The molecule has 1 aromatic heterocycles. The van der Waals surface area contributed by atoms with Gasteiger partial charge in [0.25, 0.3) is 5.22 Å². The van der Waals surface area contributed by atoms with Crippen LogP contribution in [0.1, 0.15) is 6.92 Å². The molecular weight excluding hydrogens is 367 g/mol. The third-order valence-electron chi connectivity index (χ3n) is 3.37. The van der Waals surface area contributed by atoms with Gasteiger partial charge in [0.15, 0.2) is 17.5 Å². The minimum atomic E-state index is -1.65. The van der Waals surface area contributed by atoms with Crippen molar-refractivity contribution < 1.29 is 22.4 Å².